The molecule has 0 aliphatic heterocycles. The fourth-order valence-electron chi connectivity index (χ4n) is 2.82. The van der Waals surface area contributed by atoms with Gasteiger partial charge in [0, 0.05) is 24.9 Å². The molecule has 7 heteroatoms. The number of aryl methyl sites for hydroxylation is 2. The van der Waals surface area contributed by atoms with Crippen LogP contribution in [0.4, 0.5) is 13.2 Å². The average Bonchev–Trinajstić information content (AvgIpc) is 2.58. The number of Topliss-reactive ketones (excluding diaryl/α,β-unsaturated/α-hetero) is 1. The zero-order valence-corrected chi connectivity index (χ0v) is 14.0. The van der Waals surface area contributed by atoms with E-state index in [2.05, 4.69) is 10.1 Å². The van der Waals surface area contributed by atoms with Crippen LogP contribution in [-0.4, -0.2) is 37.6 Å². The van der Waals surface area contributed by atoms with Crippen molar-refractivity contribution in [3.8, 4) is 0 Å². The number of alkyl halides is 3. The summed E-state index contributed by atoms with van der Waals surface area (Å²) in [6, 6.07) is 5.70. The number of hydrogen-bond acceptors (Lipinski definition) is 3. The summed E-state index contributed by atoms with van der Waals surface area (Å²) in [6.45, 7) is -1.56. The molecule has 1 aliphatic rings. The number of halogens is 3. The molecule has 1 aliphatic carbocycles. The van der Waals surface area contributed by atoms with E-state index in [9.17, 15) is 22.8 Å². The van der Waals surface area contributed by atoms with Crippen LogP contribution in [-0.2, 0) is 22.4 Å². The van der Waals surface area contributed by atoms with Gasteiger partial charge in [0.2, 0.25) is 5.91 Å². The van der Waals surface area contributed by atoms with Gasteiger partial charge >= 0.3 is 6.18 Å². The van der Waals surface area contributed by atoms with Crippen LogP contribution >= 0.6 is 0 Å². The van der Waals surface area contributed by atoms with Gasteiger partial charge in [0.1, 0.15) is 6.61 Å². The van der Waals surface area contributed by atoms with Crippen molar-refractivity contribution in [3.63, 3.8) is 0 Å². The zero-order chi connectivity index (χ0) is 18.3. The highest BCUT2D eigenvalue weighted by Crippen LogP contribution is 2.23. The predicted octanol–water partition coefficient (Wildman–Crippen LogP) is 3.22. The normalized spacial score (nSPS) is 14.0. The second-order valence-electron chi connectivity index (χ2n) is 6.13. The Balaban J connectivity index is 1.68. The van der Waals surface area contributed by atoms with Gasteiger partial charge in [0.15, 0.2) is 5.78 Å². The number of amides is 1. The molecule has 1 aromatic rings. The molecule has 0 radical (unpaired) electrons. The Hall–Kier alpha value is -1.89. The quantitative estimate of drug-likeness (QED) is 0.574. The first-order valence-corrected chi connectivity index (χ1v) is 8.41. The first-order valence-electron chi connectivity index (χ1n) is 8.41. The maximum Gasteiger partial charge on any atom is 0.411 e. The van der Waals surface area contributed by atoms with Gasteiger partial charge in [-0.05, 0) is 42.9 Å². The van der Waals surface area contributed by atoms with Gasteiger partial charge in [-0.3, -0.25) is 9.59 Å². The molecular formula is C18H22F3NO3. The van der Waals surface area contributed by atoms with E-state index in [1.807, 2.05) is 12.1 Å². The fraction of sp³-hybridized carbons (Fsp3) is 0.556. The molecule has 0 bridgehead atoms. The van der Waals surface area contributed by atoms with E-state index in [-0.39, 0.29) is 37.7 Å². The average molecular weight is 357 g/mol. The molecule has 0 spiro atoms. The minimum absolute atomic E-state index is 0.00912. The molecule has 0 heterocycles. The van der Waals surface area contributed by atoms with Crippen LogP contribution < -0.4 is 5.32 Å². The van der Waals surface area contributed by atoms with Crippen LogP contribution in [0.25, 0.3) is 0 Å². The van der Waals surface area contributed by atoms with E-state index in [1.54, 1.807) is 6.07 Å². The largest absolute Gasteiger partial charge is 0.411 e. The van der Waals surface area contributed by atoms with Gasteiger partial charge < -0.3 is 10.1 Å². The van der Waals surface area contributed by atoms with Crippen molar-refractivity contribution >= 4 is 11.7 Å². The second-order valence-corrected chi connectivity index (χ2v) is 6.13. The summed E-state index contributed by atoms with van der Waals surface area (Å²) in [6.07, 6.45) is 0.0443. The molecule has 0 saturated carbocycles. The maximum absolute atomic E-state index is 12.2. The lowest BCUT2D eigenvalue weighted by atomic mass is 9.89. The molecule has 0 saturated heterocycles. The van der Waals surface area contributed by atoms with E-state index in [0.29, 0.717) is 5.56 Å². The van der Waals surface area contributed by atoms with Crippen LogP contribution in [0.3, 0.4) is 0 Å². The highest BCUT2D eigenvalue weighted by molar-refractivity contribution is 5.98. The lowest BCUT2D eigenvalue weighted by Crippen LogP contribution is -2.29. The maximum atomic E-state index is 12.2. The summed E-state index contributed by atoms with van der Waals surface area (Å²) in [5.74, 6) is -0.473. The number of carbonyl (C=O) groups is 2. The van der Waals surface area contributed by atoms with Crippen molar-refractivity contribution in [1.29, 1.82) is 0 Å². The summed E-state index contributed by atoms with van der Waals surface area (Å²) in [4.78, 5) is 23.8. The Kier molecular flexibility index (Phi) is 6.99. The Morgan fingerprint density at radius 3 is 2.52 bits per heavy atom. The zero-order valence-electron chi connectivity index (χ0n) is 14.0. The number of fused-ring (bicyclic) bond motifs is 1. The van der Waals surface area contributed by atoms with Crippen LogP contribution in [0.2, 0.25) is 0 Å². The molecule has 0 fully saturated rings. The van der Waals surface area contributed by atoms with Gasteiger partial charge in [-0.1, -0.05) is 12.1 Å². The Bertz CT molecular complexity index is 614. The Morgan fingerprint density at radius 2 is 1.80 bits per heavy atom. The minimum Gasteiger partial charge on any atom is -0.370 e. The summed E-state index contributed by atoms with van der Waals surface area (Å²) in [5.41, 5.74) is 3.12. The minimum atomic E-state index is -4.37. The molecular weight excluding hydrogens is 335 g/mol. The van der Waals surface area contributed by atoms with Crippen LogP contribution in [0, 0.1) is 0 Å². The third-order valence-electron chi connectivity index (χ3n) is 4.08. The lowest BCUT2D eigenvalue weighted by Gasteiger charge is -2.16. The number of rotatable bonds is 8. The molecule has 0 atom stereocenters. The third kappa shape index (κ3) is 6.86. The monoisotopic (exact) mass is 357 g/mol. The number of ether oxygens (including phenoxy) is 1. The SMILES string of the molecule is O=C(CCC(=O)c1ccc2c(c1)CCCC2)NCCOCC(F)(F)F. The smallest absolute Gasteiger partial charge is 0.370 e. The summed E-state index contributed by atoms with van der Waals surface area (Å²) >= 11 is 0. The van der Waals surface area contributed by atoms with Crippen molar-refractivity contribution < 1.29 is 27.5 Å². The van der Waals surface area contributed by atoms with Crippen LogP contribution in [0.1, 0.15) is 47.2 Å². The fourth-order valence-corrected chi connectivity index (χ4v) is 2.82. The molecule has 2 rings (SSSR count). The van der Waals surface area contributed by atoms with E-state index >= 15 is 0 Å². The van der Waals surface area contributed by atoms with Gasteiger partial charge in [0.05, 0.1) is 6.61 Å². The van der Waals surface area contributed by atoms with Gasteiger partial charge in [-0.15, -0.1) is 0 Å². The molecule has 25 heavy (non-hydrogen) atoms. The van der Waals surface area contributed by atoms with E-state index < -0.39 is 12.8 Å². The topological polar surface area (TPSA) is 55.4 Å². The van der Waals surface area contributed by atoms with Crippen molar-refractivity contribution in [1.82, 2.24) is 5.32 Å². The number of hydrogen-bond donors (Lipinski definition) is 1. The lowest BCUT2D eigenvalue weighted by molar-refractivity contribution is -0.173. The highest BCUT2D eigenvalue weighted by atomic mass is 19.4. The van der Waals surface area contributed by atoms with Gasteiger partial charge in [-0.25, -0.2) is 0 Å². The first-order chi connectivity index (χ1) is 11.8. The molecule has 1 aromatic carbocycles. The Morgan fingerprint density at radius 1 is 1.08 bits per heavy atom. The molecule has 0 unspecified atom stereocenters. The summed E-state index contributed by atoms with van der Waals surface area (Å²) in [7, 11) is 0. The standard InChI is InChI=1S/C18H22F3NO3/c19-18(20,21)12-25-10-9-22-17(24)8-7-16(23)15-6-5-13-3-1-2-4-14(13)11-15/h5-6,11H,1-4,7-10,12H2,(H,22,24). The van der Waals surface area contributed by atoms with Gasteiger partial charge in [-0.2, -0.15) is 13.2 Å². The predicted molar refractivity (Wildman–Crippen MR) is 86.5 cm³/mol. The van der Waals surface area contributed by atoms with Crippen molar-refractivity contribution in [2.45, 2.75) is 44.7 Å². The Labute approximate surface area is 144 Å². The van der Waals surface area contributed by atoms with Crippen molar-refractivity contribution in [3.05, 3.63) is 34.9 Å². The molecule has 138 valence electrons. The van der Waals surface area contributed by atoms with E-state index in [1.165, 1.54) is 17.5 Å². The van der Waals surface area contributed by atoms with Crippen molar-refractivity contribution in [2.75, 3.05) is 19.8 Å². The van der Waals surface area contributed by atoms with Crippen molar-refractivity contribution in [2.24, 2.45) is 0 Å². The summed E-state index contributed by atoms with van der Waals surface area (Å²) in [5, 5.41) is 2.44. The third-order valence-corrected chi connectivity index (χ3v) is 4.08. The molecule has 1 amide bonds. The summed E-state index contributed by atoms with van der Waals surface area (Å²) < 4.78 is 40.0. The number of nitrogens with one attached hydrogen (secondary N) is 1. The number of ketones is 1. The van der Waals surface area contributed by atoms with Crippen LogP contribution in [0.5, 0.6) is 0 Å². The highest BCUT2D eigenvalue weighted by Gasteiger charge is 2.27. The number of carbonyl (C=O) groups excluding carboxylic acids is 2. The van der Waals surface area contributed by atoms with E-state index in [0.717, 1.165) is 19.3 Å². The molecule has 4 nitrogen and oxygen atoms in total. The molecule has 1 N–H and O–H groups in total. The van der Waals surface area contributed by atoms with E-state index in [4.69, 9.17) is 0 Å². The second kappa shape index (κ2) is 8.99. The molecule has 0 aromatic heterocycles. The van der Waals surface area contributed by atoms with Crippen LogP contribution in [0.15, 0.2) is 18.2 Å². The number of benzene rings is 1. The first kappa shape index (κ1) is 19.4. The van der Waals surface area contributed by atoms with Gasteiger partial charge in [0.25, 0.3) is 0 Å².